The van der Waals surface area contributed by atoms with Gasteiger partial charge in [0, 0.05) is 49.8 Å². The van der Waals surface area contributed by atoms with Gasteiger partial charge in [-0.05, 0) is 54.0 Å². The first-order valence-electron chi connectivity index (χ1n) is 10.5. The van der Waals surface area contributed by atoms with Gasteiger partial charge in [-0.2, -0.15) is 5.10 Å². The van der Waals surface area contributed by atoms with Crippen molar-refractivity contribution in [3.63, 3.8) is 0 Å². The van der Waals surface area contributed by atoms with Crippen LogP contribution in [0, 0.1) is 13.8 Å². The second-order valence-electron chi connectivity index (χ2n) is 7.75. The number of piperazine rings is 1. The van der Waals surface area contributed by atoms with Gasteiger partial charge in [0.2, 0.25) is 5.91 Å². The summed E-state index contributed by atoms with van der Waals surface area (Å²) in [6.45, 7) is 8.34. The maximum absolute atomic E-state index is 12.6. The number of carbonyl (C=O) groups is 1. The van der Waals surface area contributed by atoms with Crippen LogP contribution in [-0.4, -0.2) is 58.3 Å². The number of aryl methyl sites for hydroxylation is 1. The number of rotatable bonds is 6. The van der Waals surface area contributed by atoms with E-state index < -0.39 is 0 Å². The highest BCUT2D eigenvalue weighted by molar-refractivity contribution is 9.10. The molecule has 1 amide bonds. The molecule has 0 unspecified atom stereocenters. The largest absolute Gasteiger partial charge is 0.354 e. The van der Waals surface area contributed by atoms with Crippen molar-refractivity contribution in [2.45, 2.75) is 20.3 Å². The standard InChI is InChI=1S/C23H27BrN6O/c1-17-23(18(2)30(27-17)20-6-4-3-5-7-20)26-22(31)10-11-28-12-14-29(15-13-28)21-9-8-19(24)16-25-21/h3-9,16H,10-15H2,1-2H3,(H,26,31). The zero-order chi connectivity index (χ0) is 21.8. The molecule has 1 aromatic carbocycles. The monoisotopic (exact) mass is 482 g/mol. The van der Waals surface area contributed by atoms with E-state index in [4.69, 9.17) is 0 Å². The average Bonchev–Trinajstić information content (AvgIpc) is 3.07. The minimum Gasteiger partial charge on any atom is -0.354 e. The van der Waals surface area contributed by atoms with Gasteiger partial charge in [0.05, 0.1) is 22.8 Å². The fraction of sp³-hybridized carbons (Fsp3) is 0.348. The van der Waals surface area contributed by atoms with Crippen LogP contribution in [0.25, 0.3) is 5.69 Å². The van der Waals surface area contributed by atoms with Gasteiger partial charge in [0.15, 0.2) is 0 Å². The minimum atomic E-state index is 0.0239. The number of pyridine rings is 1. The summed E-state index contributed by atoms with van der Waals surface area (Å²) in [5.41, 5.74) is 3.56. The van der Waals surface area contributed by atoms with Crippen LogP contribution < -0.4 is 10.2 Å². The second kappa shape index (κ2) is 9.62. The first-order chi connectivity index (χ1) is 15.0. The Kier molecular flexibility index (Phi) is 6.67. The number of para-hydroxylation sites is 1. The highest BCUT2D eigenvalue weighted by Gasteiger charge is 2.20. The topological polar surface area (TPSA) is 66.3 Å². The molecule has 0 atom stereocenters. The summed E-state index contributed by atoms with van der Waals surface area (Å²) in [5.74, 6) is 1.03. The maximum Gasteiger partial charge on any atom is 0.225 e. The number of hydrogen-bond donors (Lipinski definition) is 1. The van der Waals surface area contributed by atoms with Crippen molar-refractivity contribution in [1.82, 2.24) is 19.7 Å². The summed E-state index contributed by atoms with van der Waals surface area (Å²) in [7, 11) is 0. The van der Waals surface area contributed by atoms with E-state index in [0.29, 0.717) is 6.42 Å². The first kappa shape index (κ1) is 21.5. The van der Waals surface area contributed by atoms with Crippen molar-refractivity contribution in [3.8, 4) is 5.69 Å². The molecule has 2 aromatic heterocycles. The van der Waals surface area contributed by atoms with E-state index in [1.54, 1.807) is 0 Å². The SMILES string of the molecule is Cc1nn(-c2ccccc2)c(C)c1NC(=O)CCN1CCN(c2ccc(Br)cn2)CC1. The van der Waals surface area contributed by atoms with Crippen LogP contribution in [0.3, 0.4) is 0 Å². The molecule has 3 aromatic rings. The van der Waals surface area contributed by atoms with Crippen molar-refractivity contribution in [2.24, 2.45) is 0 Å². The van der Waals surface area contributed by atoms with E-state index >= 15 is 0 Å². The molecule has 0 spiro atoms. The Morgan fingerprint density at radius 2 is 1.81 bits per heavy atom. The summed E-state index contributed by atoms with van der Waals surface area (Å²) in [6, 6.07) is 14.0. The Balaban J connectivity index is 1.28. The molecule has 1 fully saturated rings. The Labute approximate surface area is 191 Å². The Bertz CT molecular complexity index is 1030. The number of hydrogen-bond acceptors (Lipinski definition) is 5. The third-order valence-electron chi connectivity index (χ3n) is 5.62. The maximum atomic E-state index is 12.6. The highest BCUT2D eigenvalue weighted by atomic mass is 79.9. The van der Waals surface area contributed by atoms with E-state index in [9.17, 15) is 4.79 Å². The van der Waals surface area contributed by atoms with Gasteiger partial charge in [0.1, 0.15) is 5.82 Å². The Morgan fingerprint density at radius 3 is 2.48 bits per heavy atom. The van der Waals surface area contributed by atoms with Gasteiger partial charge in [0.25, 0.3) is 0 Å². The van der Waals surface area contributed by atoms with Gasteiger partial charge < -0.3 is 10.2 Å². The molecule has 1 aliphatic heterocycles. The van der Waals surface area contributed by atoms with Crippen LogP contribution in [0.15, 0.2) is 53.1 Å². The third kappa shape index (κ3) is 5.14. The normalized spacial score (nSPS) is 14.6. The lowest BCUT2D eigenvalue weighted by atomic mass is 10.2. The summed E-state index contributed by atoms with van der Waals surface area (Å²) >= 11 is 3.43. The molecule has 31 heavy (non-hydrogen) atoms. The lowest BCUT2D eigenvalue weighted by molar-refractivity contribution is -0.116. The molecule has 0 bridgehead atoms. The smallest absolute Gasteiger partial charge is 0.225 e. The van der Waals surface area contributed by atoms with E-state index in [1.807, 2.05) is 67.2 Å². The number of halogens is 1. The van der Waals surface area contributed by atoms with E-state index in [1.165, 1.54) is 0 Å². The molecule has 1 saturated heterocycles. The van der Waals surface area contributed by atoms with Crippen molar-refractivity contribution in [1.29, 1.82) is 0 Å². The molecule has 4 rings (SSSR count). The third-order valence-corrected chi connectivity index (χ3v) is 6.09. The molecule has 3 heterocycles. The summed E-state index contributed by atoms with van der Waals surface area (Å²) in [6.07, 6.45) is 2.29. The van der Waals surface area contributed by atoms with Crippen molar-refractivity contribution >= 4 is 33.3 Å². The Morgan fingerprint density at radius 1 is 1.06 bits per heavy atom. The fourth-order valence-electron chi connectivity index (χ4n) is 3.86. The molecule has 7 nitrogen and oxygen atoms in total. The number of amides is 1. The van der Waals surface area contributed by atoms with Crippen molar-refractivity contribution in [3.05, 3.63) is 64.5 Å². The number of benzene rings is 1. The number of aromatic nitrogens is 3. The van der Waals surface area contributed by atoms with Crippen LogP contribution >= 0.6 is 15.9 Å². The summed E-state index contributed by atoms with van der Waals surface area (Å²) in [5, 5.41) is 7.68. The number of nitrogens with one attached hydrogen (secondary N) is 1. The number of nitrogens with zero attached hydrogens (tertiary/aromatic N) is 5. The molecular weight excluding hydrogens is 456 g/mol. The predicted molar refractivity (Wildman–Crippen MR) is 127 cm³/mol. The lowest BCUT2D eigenvalue weighted by Crippen LogP contribution is -2.47. The molecule has 0 radical (unpaired) electrons. The molecule has 1 aliphatic rings. The predicted octanol–water partition coefficient (Wildman–Crippen LogP) is 3.80. The van der Waals surface area contributed by atoms with E-state index in [-0.39, 0.29) is 5.91 Å². The molecule has 8 heteroatoms. The zero-order valence-corrected chi connectivity index (χ0v) is 19.5. The highest BCUT2D eigenvalue weighted by Crippen LogP contribution is 2.23. The number of anilines is 2. The Hall–Kier alpha value is -2.71. The van der Waals surface area contributed by atoms with Crippen LogP contribution in [0.4, 0.5) is 11.5 Å². The number of carbonyl (C=O) groups excluding carboxylic acids is 1. The van der Waals surface area contributed by atoms with Gasteiger partial charge in [-0.25, -0.2) is 9.67 Å². The molecular formula is C23H27BrN6O. The van der Waals surface area contributed by atoms with Gasteiger partial charge in [-0.1, -0.05) is 18.2 Å². The minimum absolute atomic E-state index is 0.0239. The van der Waals surface area contributed by atoms with Crippen LogP contribution in [-0.2, 0) is 4.79 Å². The van der Waals surface area contributed by atoms with Crippen LogP contribution in [0.2, 0.25) is 0 Å². The van der Waals surface area contributed by atoms with Crippen molar-refractivity contribution in [2.75, 3.05) is 42.9 Å². The molecule has 162 valence electrons. The van der Waals surface area contributed by atoms with Crippen LogP contribution in [0.1, 0.15) is 17.8 Å². The second-order valence-corrected chi connectivity index (χ2v) is 8.67. The van der Waals surface area contributed by atoms with Gasteiger partial charge >= 0.3 is 0 Å². The first-order valence-corrected chi connectivity index (χ1v) is 11.3. The quantitative estimate of drug-likeness (QED) is 0.578. The van der Waals surface area contributed by atoms with Crippen LogP contribution in [0.5, 0.6) is 0 Å². The van der Waals surface area contributed by atoms with Gasteiger partial charge in [-0.15, -0.1) is 0 Å². The van der Waals surface area contributed by atoms with E-state index in [0.717, 1.165) is 65.8 Å². The molecule has 0 aliphatic carbocycles. The van der Waals surface area contributed by atoms with Gasteiger partial charge in [-0.3, -0.25) is 9.69 Å². The van der Waals surface area contributed by atoms with Crippen molar-refractivity contribution < 1.29 is 4.79 Å². The fourth-order valence-corrected chi connectivity index (χ4v) is 4.10. The van der Waals surface area contributed by atoms with E-state index in [2.05, 4.69) is 41.1 Å². The average molecular weight is 483 g/mol. The summed E-state index contributed by atoms with van der Waals surface area (Å²) < 4.78 is 2.86. The summed E-state index contributed by atoms with van der Waals surface area (Å²) in [4.78, 5) is 21.7. The zero-order valence-electron chi connectivity index (χ0n) is 17.9. The molecule has 0 saturated carbocycles. The molecule has 1 N–H and O–H groups in total. The lowest BCUT2D eigenvalue weighted by Gasteiger charge is -2.35.